The summed E-state index contributed by atoms with van der Waals surface area (Å²) in [6.45, 7) is 1.84. The molecular weight excluding hydrogens is 228 g/mol. The molecular formula is C11H14O4S. The van der Waals surface area contributed by atoms with E-state index in [1.807, 2.05) is 6.92 Å². The topological polar surface area (TPSA) is 60.4 Å². The summed E-state index contributed by atoms with van der Waals surface area (Å²) < 4.78 is 27.5. The average molecular weight is 242 g/mol. The quantitative estimate of drug-likeness (QED) is 0.752. The molecule has 0 fully saturated rings. The van der Waals surface area contributed by atoms with Crippen LogP contribution in [0.3, 0.4) is 0 Å². The van der Waals surface area contributed by atoms with E-state index in [4.69, 9.17) is 0 Å². The summed E-state index contributed by atoms with van der Waals surface area (Å²) in [6, 6.07) is 4.46. The summed E-state index contributed by atoms with van der Waals surface area (Å²) in [6.07, 6.45) is 1.70. The minimum atomic E-state index is -3.25. The van der Waals surface area contributed by atoms with Crippen molar-refractivity contribution in [2.45, 2.75) is 18.2 Å². The molecule has 0 unspecified atom stereocenters. The van der Waals surface area contributed by atoms with Crippen LogP contribution < -0.4 is 0 Å². The Morgan fingerprint density at radius 2 is 2.00 bits per heavy atom. The van der Waals surface area contributed by atoms with E-state index in [9.17, 15) is 13.2 Å². The highest BCUT2D eigenvalue weighted by Crippen LogP contribution is 2.18. The molecule has 0 aliphatic rings. The number of carbonyl (C=O) groups excluding carboxylic acids is 1. The van der Waals surface area contributed by atoms with Gasteiger partial charge in [-0.25, -0.2) is 13.2 Å². The minimum absolute atomic E-state index is 0.266. The predicted molar refractivity (Wildman–Crippen MR) is 60.3 cm³/mol. The van der Waals surface area contributed by atoms with Gasteiger partial charge in [-0.05, 0) is 30.2 Å². The lowest BCUT2D eigenvalue weighted by atomic mass is 10.1. The maximum Gasteiger partial charge on any atom is 0.337 e. The second-order valence-electron chi connectivity index (χ2n) is 3.44. The molecule has 0 aliphatic heterocycles. The fraction of sp³-hybridized carbons (Fsp3) is 0.364. The zero-order valence-electron chi connectivity index (χ0n) is 9.48. The molecule has 1 aromatic rings. The second kappa shape index (κ2) is 4.65. The van der Waals surface area contributed by atoms with E-state index in [1.54, 1.807) is 6.07 Å². The maximum absolute atomic E-state index is 11.4. The van der Waals surface area contributed by atoms with Gasteiger partial charge in [0.15, 0.2) is 9.84 Å². The van der Waals surface area contributed by atoms with E-state index in [0.29, 0.717) is 17.5 Å². The molecule has 88 valence electrons. The molecule has 5 heteroatoms. The van der Waals surface area contributed by atoms with Gasteiger partial charge in [-0.1, -0.05) is 6.92 Å². The smallest absolute Gasteiger partial charge is 0.337 e. The fourth-order valence-corrected chi connectivity index (χ4v) is 2.46. The molecule has 0 aliphatic carbocycles. The summed E-state index contributed by atoms with van der Waals surface area (Å²) in [5.74, 6) is -0.463. The summed E-state index contributed by atoms with van der Waals surface area (Å²) in [4.78, 5) is 11.5. The van der Waals surface area contributed by atoms with Crippen LogP contribution in [0.1, 0.15) is 22.8 Å². The minimum Gasteiger partial charge on any atom is -0.465 e. The molecule has 16 heavy (non-hydrogen) atoms. The molecule has 1 aromatic carbocycles. The molecule has 0 N–H and O–H groups in total. The Labute approximate surface area is 95.2 Å². The highest BCUT2D eigenvalue weighted by Gasteiger charge is 2.15. The highest BCUT2D eigenvalue weighted by atomic mass is 32.2. The van der Waals surface area contributed by atoms with Crippen LogP contribution in [0.25, 0.3) is 0 Å². The molecule has 0 aromatic heterocycles. The normalized spacial score (nSPS) is 11.2. The number of ether oxygens (including phenoxy) is 1. The van der Waals surface area contributed by atoms with Crippen LogP contribution in [0.15, 0.2) is 23.1 Å². The second-order valence-corrected chi connectivity index (χ2v) is 5.42. The first kappa shape index (κ1) is 12.7. The molecule has 0 amide bonds. The van der Waals surface area contributed by atoms with Gasteiger partial charge in [-0.15, -0.1) is 0 Å². The van der Waals surface area contributed by atoms with Gasteiger partial charge in [0, 0.05) is 6.26 Å². The standard InChI is InChI=1S/C11H14O4S/c1-4-8-7-9(11(12)15-2)5-6-10(8)16(3,13)14/h5-7H,4H2,1-3H3. The average Bonchev–Trinajstić information content (AvgIpc) is 2.25. The van der Waals surface area contributed by atoms with E-state index in [2.05, 4.69) is 4.74 Å². The maximum atomic E-state index is 11.4. The molecule has 0 heterocycles. The Bertz CT molecular complexity index is 503. The van der Waals surface area contributed by atoms with E-state index < -0.39 is 15.8 Å². The lowest BCUT2D eigenvalue weighted by molar-refractivity contribution is 0.0600. The third kappa shape index (κ3) is 2.61. The van der Waals surface area contributed by atoms with Crippen molar-refractivity contribution in [3.8, 4) is 0 Å². The van der Waals surface area contributed by atoms with E-state index >= 15 is 0 Å². The van der Waals surface area contributed by atoms with Gasteiger partial charge >= 0.3 is 5.97 Å². The van der Waals surface area contributed by atoms with Crippen molar-refractivity contribution in [3.63, 3.8) is 0 Å². The molecule has 0 spiro atoms. The molecule has 0 saturated heterocycles. The highest BCUT2D eigenvalue weighted by molar-refractivity contribution is 7.90. The van der Waals surface area contributed by atoms with Crippen LogP contribution in [-0.2, 0) is 21.0 Å². The number of sulfone groups is 1. The number of hydrogen-bond donors (Lipinski definition) is 0. The van der Waals surface area contributed by atoms with Gasteiger partial charge in [0.05, 0.1) is 17.6 Å². The molecule has 0 radical (unpaired) electrons. The Kier molecular flexibility index (Phi) is 3.70. The number of carbonyl (C=O) groups is 1. The van der Waals surface area contributed by atoms with Crippen molar-refractivity contribution in [2.24, 2.45) is 0 Å². The van der Waals surface area contributed by atoms with Crippen LogP contribution in [0.5, 0.6) is 0 Å². The largest absolute Gasteiger partial charge is 0.465 e. The van der Waals surface area contributed by atoms with Gasteiger partial charge in [0.1, 0.15) is 0 Å². The van der Waals surface area contributed by atoms with Crippen molar-refractivity contribution in [3.05, 3.63) is 29.3 Å². The first-order valence-corrected chi connectivity index (χ1v) is 6.70. The van der Waals surface area contributed by atoms with Crippen LogP contribution >= 0.6 is 0 Å². The molecule has 0 atom stereocenters. The van der Waals surface area contributed by atoms with Crippen molar-refractivity contribution < 1.29 is 17.9 Å². The van der Waals surface area contributed by atoms with Gasteiger partial charge in [-0.3, -0.25) is 0 Å². The summed E-state index contributed by atoms with van der Waals surface area (Å²) in [5, 5.41) is 0. The summed E-state index contributed by atoms with van der Waals surface area (Å²) >= 11 is 0. The molecule has 0 bridgehead atoms. The Hall–Kier alpha value is -1.36. The lowest BCUT2D eigenvalue weighted by Gasteiger charge is -2.07. The van der Waals surface area contributed by atoms with Crippen LogP contribution in [0.2, 0.25) is 0 Å². The predicted octanol–water partition coefficient (Wildman–Crippen LogP) is 1.44. The van der Waals surface area contributed by atoms with E-state index in [1.165, 1.54) is 19.2 Å². The van der Waals surface area contributed by atoms with Gasteiger partial charge in [0.2, 0.25) is 0 Å². The fourth-order valence-electron chi connectivity index (χ4n) is 1.46. The third-order valence-corrected chi connectivity index (χ3v) is 3.46. The molecule has 1 rings (SSSR count). The third-order valence-electron chi connectivity index (χ3n) is 2.26. The number of methoxy groups -OCH3 is 1. The summed E-state index contributed by atoms with van der Waals surface area (Å²) in [7, 11) is -1.96. The van der Waals surface area contributed by atoms with Crippen molar-refractivity contribution >= 4 is 15.8 Å². The lowest BCUT2D eigenvalue weighted by Crippen LogP contribution is -2.06. The van der Waals surface area contributed by atoms with Crippen LogP contribution in [0, 0.1) is 0 Å². The van der Waals surface area contributed by atoms with Gasteiger partial charge in [0.25, 0.3) is 0 Å². The zero-order chi connectivity index (χ0) is 12.3. The van der Waals surface area contributed by atoms with Gasteiger partial charge < -0.3 is 4.74 Å². The van der Waals surface area contributed by atoms with E-state index in [0.717, 1.165) is 6.26 Å². The number of benzene rings is 1. The number of aryl methyl sites for hydroxylation is 1. The molecule has 0 saturated carbocycles. The SMILES string of the molecule is CCc1cc(C(=O)OC)ccc1S(C)(=O)=O. The number of hydrogen-bond acceptors (Lipinski definition) is 4. The Morgan fingerprint density at radius 3 is 2.44 bits per heavy atom. The monoisotopic (exact) mass is 242 g/mol. The Morgan fingerprint density at radius 1 is 1.38 bits per heavy atom. The zero-order valence-corrected chi connectivity index (χ0v) is 10.3. The first-order valence-electron chi connectivity index (χ1n) is 4.81. The van der Waals surface area contributed by atoms with E-state index in [-0.39, 0.29) is 4.90 Å². The number of rotatable bonds is 3. The Balaban J connectivity index is 3.33. The summed E-state index contributed by atoms with van der Waals surface area (Å²) in [5.41, 5.74) is 0.997. The molecule has 4 nitrogen and oxygen atoms in total. The van der Waals surface area contributed by atoms with Crippen LogP contribution in [-0.4, -0.2) is 27.8 Å². The van der Waals surface area contributed by atoms with Gasteiger partial charge in [-0.2, -0.15) is 0 Å². The van der Waals surface area contributed by atoms with Crippen molar-refractivity contribution in [2.75, 3.05) is 13.4 Å². The number of esters is 1. The van der Waals surface area contributed by atoms with Crippen molar-refractivity contribution in [1.29, 1.82) is 0 Å². The van der Waals surface area contributed by atoms with Crippen LogP contribution in [0.4, 0.5) is 0 Å². The first-order chi connectivity index (χ1) is 7.40. The van der Waals surface area contributed by atoms with Crippen molar-refractivity contribution in [1.82, 2.24) is 0 Å².